The third-order valence-corrected chi connectivity index (χ3v) is 4.06. The number of aromatic amines is 1. The Morgan fingerprint density at radius 3 is 2.68 bits per heavy atom. The highest BCUT2D eigenvalue weighted by Crippen LogP contribution is 2.28. The fraction of sp³-hybridized carbons (Fsp3) is 0.250. The molecule has 1 aromatic carbocycles. The van der Waals surface area contributed by atoms with E-state index in [0.717, 1.165) is 40.2 Å². The summed E-state index contributed by atoms with van der Waals surface area (Å²) in [6.45, 7) is 0. The second kappa shape index (κ2) is 3.92. The smallest absolute Gasteiger partial charge is 0.256 e. The van der Waals surface area contributed by atoms with Crippen molar-refractivity contribution in [1.82, 2.24) is 9.97 Å². The molecule has 0 bridgehead atoms. The lowest BCUT2D eigenvalue weighted by Crippen LogP contribution is -2.12. The summed E-state index contributed by atoms with van der Waals surface area (Å²) < 4.78 is 0. The van der Waals surface area contributed by atoms with Crippen molar-refractivity contribution < 1.29 is 0 Å². The van der Waals surface area contributed by atoms with Crippen LogP contribution in [0.15, 0.2) is 35.3 Å². The van der Waals surface area contributed by atoms with Crippen LogP contribution < -0.4 is 5.56 Å². The number of nitrogens with one attached hydrogen (secondary N) is 1. The van der Waals surface area contributed by atoms with Crippen LogP contribution >= 0.6 is 0 Å². The number of aryl methyl sites for hydroxylation is 2. The molecule has 0 radical (unpaired) electrons. The molecule has 19 heavy (non-hydrogen) atoms. The van der Waals surface area contributed by atoms with Gasteiger partial charge in [-0.05, 0) is 42.7 Å². The SMILES string of the molecule is O=c1[nH]c2c3c(ncc2c2ccccc12)CCCC3. The fourth-order valence-corrected chi connectivity index (χ4v) is 3.11. The van der Waals surface area contributed by atoms with Crippen molar-refractivity contribution in [2.45, 2.75) is 25.7 Å². The van der Waals surface area contributed by atoms with Crippen LogP contribution in [-0.2, 0) is 12.8 Å². The zero-order valence-corrected chi connectivity index (χ0v) is 10.6. The number of fused-ring (bicyclic) bond motifs is 5. The van der Waals surface area contributed by atoms with E-state index in [-0.39, 0.29) is 5.56 Å². The number of H-pyrrole nitrogens is 1. The first-order valence-electron chi connectivity index (χ1n) is 6.76. The third-order valence-electron chi connectivity index (χ3n) is 4.06. The fourth-order valence-electron chi connectivity index (χ4n) is 3.11. The summed E-state index contributed by atoms with van der Waals surface area (Å²) in [4.78, 5) is 19.9. The Bertz CT molecular complexity index is 848. The minimum Gasteiger partial charge on any atom is -0.321 e. The molecule has 0 atom stereocenters. The lowest BCUT2D eigenvalue weighted by molar-refractivity contribution is 0.672. The predicted octanol–water partition coefficient (Wildman–Crippen LogP) is 2.96. The number of hydrogen-bond donors (Lipinski definition) is 1. The maximum Gasteiger partial charge on any atom is 0.256 e. The van der Waals surface area contributed by atoms with Gasteiger partial charge in [-0.1, -0.05) is 18.2 Å². The van der Waals surface area contributed by atoms with Crippen LogP contribution in [0.5, 0.6) is 0 Å². The van der Waals surface area contributed by atoms with E-state index in [4.69, 9.17) is 0 Å². The first-order chi connectivity index (χ1) is 9.34. The number of hydrogen-bond acceptors (Lipinski definition) is 2. The Morgan fingerprint density at radius 1 is 1.00 bits per heavy atom. The highest BCUT2D eigenvalue weighted by Gasteiger charge is 2.16. The molecule has 2 heterocycles. The monoisotopic (exact) mass is 250 g/mol. The molecule has 0 fully saturated rings. The summed E-state index contributed by atoms with van der Waals surface area (Å²) in [5.41, 5.74) is 3.40. The van der Waals surface area contributed by atoms with Gasteiger partial charge >= 0.3 is 0 Å². The van der Waals surface area contributed by atoms with Crippen LogP contribution in [0.4, 0.5) is 0 Å². The molecule has 0 aliphatic heterocycles. The molecule has 3 aromatic rings. The van der Waals surface area contributed by atoms with Crippen LogP contribution in [0, 0.1) is 0 Å². The molecule has 0 saturated heterocycles. The third kappa shape index (κ3) is 1.51. The molecule has 94 valence electrons. The van der Waals surface area contributed by atoms with E-state index < -0.39 is 0 Å². The lowest BCUT2D eigenvalue weighted by atomic mass is 9.93. The number of pyridine rings is 2. The van der Waals surface area contributed by atoms with Gasteiger partial charge in [-0.25, -0.2) is 0 Å². The van der Waals surface area contributed by atoms with Gasteiger partial charge in [-0.3, -0.25) is 9.78 Å². The van der Waals surface area contributed by atoms with Crippen molar-refractivity contribution in [2.24, 2.45) is 0 Å². The van der Waals surface area contributed by atoms with Crippen LogP contribution in [-0.4, -0.2) is 9.97 Å². The summed E-state index contributed by atoms with van der Waals surface area (Å²) in [5.74, 6) is 0. The average Bonchev–Trinajstić information content (AvgIpc) is 2.47. The van der Waals surface area contributed by atoms with Crippen molar-refractivity contribution in [3.63, 3.8) is 0 Å². The second-order valence-corrected chi connectivity index (χ2v) is 5.18. The van der Waals surface area contributed by atoms with Crippen LogP contribution in [0.1, 0.15) is 24.1 Å². The normalized spacial score (nSPS) is 14.7. The zero-order valence-electron chi connectivity index (χ0n) is 10.6. The van der Waals surface area contributed by atoms with Gasteiger partial charge in [-0.15, -0.1) is 0 Å². The number of benzene rings is 1. The van der Waals surface area contributed by atoms with Gasteiger partial charge in [-0.2, -0.15) is 0 Å². The van der Waals surface area contributed by atoms with E-state index in [1.165, 1.54) is 18.4 Å². The highest BCUT2D eigenvalue weighted by atomic mass is 16.1. The molecule has 0 amide bonds. The lowest BCUT2D eigenvalue weighted by Gasteiger charge is -2.17. The van der Waals surface area contributed by atoms with Crippen molar-refractivity contribution in [2.75, 3.05) is 0 Å². The van der Waals surface area contributed by atoms with Crippen LogP contribution in [0.3, 0.4) is 0 Å². The van der Waals surface area contributed by atoms with Crippen molar-refractivity contribution in [1.29, 1.82) is 0 Å². The minimum atomic E-state index is 0.00192. The highest BCUT2D eigenvalue weighted by molar-refractivity contribution is 6.05. The predicted molar refractivity (Wildman–Crippen MR) is 76.5 cm³/mol. The molecule has 1 aliphatic carbocycles. The van der Waals surface area contributed by atoms with Gasteiger partial charge in [0.25, 0.3) is 5.56 Å². The maximum absolute atomic E-state index is 12.2. The molecule has 3 nitrogen and oxygen atoms in total. The van der Waals surface area contributed by atoms with Gasteiger partial charge in [0.2, 0.25) is 0 Å². The van der Waals surface area contributed by atoms with Crippen molar-refractivity contribution >= 4 is 21.7 Å². The summed E-state index contributed by atoms with van der Waals surface area (Å²) in [7, 11) is 0. The molecule has 0 unspecified atom stereocenters. The summed E-state index contributed by atoms with van der Waals surface area (Å²) in [6.07, 6.45) is 6.35. The Morgan fingerprint density at radius 2 is 1.79 bits per heavy atom. The average molecular weight is 250 g/mol. The Labute approximate surface area is 110 Å². The Hall–Kier alpha value is -2.16. The largest absolute Gasteiger partial charge is 0.321 e. The van der Waals surface area contributed by atoms with E-state index in [1.54, 1.807) is 0 Å². The second-order valence-electron chi connectivity index (χ2n) is 5.18. The number of nitrogens with zero attached hydrogens (tertiary/aromatic N) is 1. The number of aromatic nitrogens is 2. The molecule has 1 N–H and O–H groups in total. The molecule has 2 aromatic heterocycles. The number of rotatable bonds is 0. The van der Waals surface area contributed by atoms with Crippen molar-refractivity contribution in [3.05, 3.63) is 52.1 Å². The summed E-state index contributed by atoms with van der Waals surface area (Å²) in [6, 6.07) is 7.74. The summed E-state index contributed by atoms with van der Waals surface area (Å²) in [5, 5.41) is 2.81. The first kappa shape index (κ1) is 10.7. The zero-order chi connectivity index (χ0) is 12.8. The Kier molecular flexibility index (Phi) is 2.21. The molecular weight excluding hydrogens is 236 g/mol. The molecule has 3 heteroatoms. The van der Waals surface area contributed by atoms with Gasteiger partial charge in [0.1, 0.15) is 0 Å². The van der Waals surface area contributed by atoms with Crippen LogP contribution in [0.2, 0.25) is 0 Å². The maximum atomic E-state index is 12.2. The standard InChI is InChI=1S/C16H14N2O/c19-16-11-6-2-1-5-10(11)13-9-17-14-8-4-3-7-12(14)15(13)18-16/h1-2,5-6,9H,3-4,7-8H2,(H,18,19). The van der Waals surface area contributed by atoms with Gasteiger partial charge in [0.15, 0.2) is 0 Å². The first-order valence-corrected chi connectivity index (χ1v) is 6.76. The van der Waals surface area contributed by atoms with Crippen molar-refractivity contribution in [3.8, 4) is 0 Å². The molecule has 0 saturated carbocycles. The quantitative estimate of drug-likeness (QED) is 0.623. The van der Waals surface area contributed by atoms with Gasteiger partial charge in [0, 0.05) is 22.7 Å². The van der Waals surface area contributed by atoms with E-state index in [1.807, 2.05) is 30.5 Å². The van der Waals surface area contributed by atoms with Gasteiger partial charge < -0.3 is 4.98 Å². The van der Waals surface area contributed by atoms with E-state index in [0.29, 0.717) is 0 Å². The summed E-state index contributed by atoms with van der Waals surface area (Å²) >= 11 is 0. The molecular formula is C16H14N2O. The topological polar surface area (TPSA) is 45.8 Å². The van der Waals surface area contributed by atoms with Gasteiger partial charge in [0.05, 0.1) is 5.52 Å². The van der Waals surface area contributed by atoms with E-state index >= 15 is 0 Å². The molecule has 4 rings (SSSR count). The molecule has 1 aliphatic rings. The van der Waals surface area contributed by atoms with E-state index in [9.17, 15) is 4.79 Å². The Balaban J connectivity index is 2.22. The van der Waals surface area contributed by atoms with E-state index in [2.05, 4.69) is 9.97 Å². The molecule has 0 spiro atoms. The van der Waals surface area contributed by atoms with Crippen LogP contribution in [0.25, 0.3) is 21.7 Å². The minimum absolute atomic E-state index is 0.00192.